The minimum atomic E-state index is -0.411. The highest BCUT2D eigenvalue weighted by molar-refractivity contribution is 14.1. The highest BCUT2D eigenvalue weighted by atomic mass is 127. The molecule has 0 heterocycles. The molecule has 2 rings (SSSR count). The van der Waals surface area contributed by atoms with Crippen molar-refractivity contribution in [1.82, 2.24) is 0 Å². The van der Waals surface area contributed by atoms with Crippen molar-refractivity contribution in [2.24, 2.45) is 0 Å². The molecule has 0 saturated heterocycles. The lowest BCUT2D eigenvalue weighted by Crippen LogP contribution is -2.19. The summed E-state index contributed by atoms with van der Waals surface area (Å²) in [6.45, 7) is 4.78. The van der Waals surface area contributed by atoms with Crippen LogP contribution in [0.5, 0.6) is 5.75 Å². The highest BCUT2D eigenvalue weighted by Gasteiger charge is 2.22. The zero-order valence-electron chi connectivity index (χ0n) is 12.4. The Kier molecular flexibility index (Phi) is 5.65. The molecule has 0 aliphatic heterocycles. The number of alkyl halides is 1. The summed E-state index contributed by atoms with van der Waals surface area (Å²) in [4.78, 5) is 0. The number of aliphatic hydroxyl groups excluding tert-OH is 1. The third-order valence-electron chi connectivity index (χ3n) is 3.69. The van der Waals surface area contributed by atoms with Gasteiger partial charge in [0.05, 0.1) is 6.10 Å². The van der Waals surface area contributed by atoms with Crippen molar-refractivity contribution in [2.75, 3.05) is 11.0 Å². The summed E-state index contributed by atoms with van der Waals surface area (Å²) in [5.74, 6) is 0.798. The molecule has 0 aliphatic carbocycles. The summed E-state index contributed by atoms with van der Waals surface area (Å²) in [7, 11) is 0. The fourth-order valence-corrected chi connectivity index (χ4v) is 2.48. The second-order valence-corrected chi connectivity index (χ2v) is 6.52. The van der Waals surface area contributed by atoms with Crippen LogP contribution in [0.3, 0.4) is 0 Å². The van der Waals surface area contributed by atoms with Gasteiger partial charge in [0, 0.05) is 9.84 Å². The van der Waals surface area contributed by atoms with Crippen molar-refractivity contribution in [2.45, 2.75) is 25.4 Å². The number of benzene rings is 2. The minimum absolute atomic E-state index is 0.0402. The van der Waals surface area contributed by atoms with Gasteiger partial charge < -0.3 is 9.84 Å². The average Bonchev–Trinajstić information content (AvgIpc) is 2.53. The second kappa shape index (κ2) is 7.27. The standard InChI is InChI=1S/C18H21IO2/c1-18(2,14-6-4-3-5-7-14)15-8-10-17(11-9-15)21-13-16(20)12-19/h3-11,16,20H,12-13H2,1-2H3. The monoisotopic (exact) mass is 396 g/mol. The maximum atomic E-state index is 9.52. The zero-order valence-corrected chi connectivity index (χ0v) is 14.6. The fraction of sp³-hybridized carbons (Fsp3) is 0.333. The van der Waals surface area contributed by atoms with E-state index in [9.17, 15) is 5.11 Å². The minimum Gasteiger partial charge on any atom is -0.491 e. The lowest BCUT2D eigenvalue weighted by Gasteiger charge is -2.26. The molecule has 0 aliphatic rings. The molecule has 112 valence electrons. The molecule has 0 radical (unpaired) electrons. The topological polar surface area (TPSA) is 29.5 Å². The Bertz CT molecular complexity index is 549. The van der Waals surface area contributed by atoms with E-state index in [1.54, 1.807) is 0 Å². The molecule has 0 fully saturated rings. The van der Waals surface area contributed by atoms with E-state index in [2.05, 4.69) is 72.8 Å². The van der Waals surface area contributed by atoms with E-state index in [1.165, 1.54) is 11.1 Å². The van der Waals surface area contributed by atoms with E-state index in [4.69, 9.17) is 4.74 Å². The largest absolute Gasteiger partial charge is 0.491 e. The lowest BCUT2D eigenvalue weighted by molar-refractivity contribution is 0.128. The molecule has 2 aromatic rings. The first kappa shape index (κ1) is 16.3. The van der Waals surface area contributed by atoms with E-state index < -0.39 is 6.10 Å². The van der Waals surface area contributed by atoms with Crippen molar-refractivity contribution in [3.63, 3.8) is 0 Å². The Hall–Kier alpha value is -1.07. The van der Waals surface area contributed by atoms with Gasteiger partial charge in [-0.3, -0.25) is 0 Å². The lowest BCUT2D eigenvalue weighted by atomic mass is 9.78. The molecule has 0 amide bonds. The van der Waals surface area contributed by atoms with Crippen LogP contribution in [0.1, 0.15) is 25.0 Å². The van der Waals surface area contributed by atoms with Crippen molar-refractivity contribution in [3.05, 3.63) is 65.7 Å². The summed E-state index contributed by atoms with van der Waals surface area (Å²) in [5, 5.41) is 9.52. The van der Waals surface area contributed by atoms with E-state index >= 15 is 0 Å². The Morgan fingerprint density at radius 2 is 1.57 bits per heavy atom. The van der Waals surface area contributed by atoms with Gasteiger partial charge in [-0.1, -0.05) is 78.9 Å². The smallest absolute Gasteiger partial charge is 0.119 e. The van der Waals surface area contributed by atoms with Crippen LogP contribution in [0.4, 0.5) is 0 Å². The maximum absolute atomic E-state index is 9.52. The average molecular weight is 396 g/mol. The third-order valence-corrected chi connectivity index (χ3v) is 4.71. The molecule has 21 heavy (non-hydrogen) atoms. The number of ether oxygens (including phenoxy) is 1. The molecule has 0 spiro atoms. The van der Waals surface area contributed by atoms with Crippen molar-refractivity contribution >= 4 is 22.6 Å². The Labute approximate surface area is 140 Å². The van der Waals surface area contributed by atoms with Gasteiger partial charge in [-0.15, -0.1) is 0 Å². The number of rotatable bonds is 6. The fourth-order valence-electron chi connectivity index (χ4n) is 2.23. The van der Waals surface area contributed by atoms with Crippen LogP contribution >= 0.6 is 22.6 Å². The molecule has 0 saturated carbocycles. The molecule has 2 nitrogen and oxygen atoms in total. The molecular formula is C18H21IO2. The molecule has 1 atom stereocenters. The molecule has 3 heteroatoms. The zero-order chi connectivity index (χ0) is 15.3. The summed E-state index contributed by atoms with van der Waals surface area (Å²) in [5.41, 5.74) is 2.50. The molecule has 0 bridgehead atoms. The summed E-state index contributed by atoms with van der Waals surface area (Å²) < 4.78 is 6.25. The Balaban J connectivity index is 2.11. The van der Waals surface area contributed by atoms with Gasteiger partial charge in [0.15, 0.2) is 0 Å². The summed E-state index contributed by atoms with van der Waals surface area (Å²) in [6.07, 6.45) is -0.411. The Morgan fingerprint density at radius 1 is 1.00 bits per heavy atom. The Morgan fingerprint density at radius 3 is 2.14 bits per heavy atom. The number of halogens is 1. The van der Waals surface area contributed by atoms with Gasteiger partial charge in [-0.25, -0.2) is 0 Å². The SMILES string of the molecule is CC(C)(c1ccccc1)c1ccc(OCC(O)CI)cc1. The van der Waals surface area contributed by atoms with Crippen LogP contribution in [-0.4, -0.2) is 22.2 Å². The first-order valence-corrected chi connectivity index (χ1v) is 8.59. The highest BCUT2D eigenvalue weighted by Crippen LogP contribution is 2.32. The van der Waals surface area contributed by atoms with Crippen molar-refractivity contribution < 1.29 is 9.84 Å². The summed E-state index contributed by atoms with van der Waals surface area (Å²) >= 11 is 2.15. The summed E-state index contributed by atoms with van der Waals surface area (Å²) in [6, 6.07) is 18.6. The second-order valence-electron chi connectivity index (χ2n) is 5.63. The van der Waals surface area contributed by atoms with E-state index in [1.807, 2.05) is 18.2 Å². The molecular weight excluding hydrogens is 375 g/mol. The predicted octanol–water partition coefficient (Wildman–Crippen LogP) is 4.19. The molecule has 1 N–H and O–H groups in total. The van der Waals surface area contributed by atoms with Crippen LogP contribution in [0.2, 0.25) is 0 Å². The van der Waals surface area contributed by atoms with Crippen LogP contribution in [0, 0.1) is 0 Å². The maximum Gasteiger partial charge on any atom is 0.119 e. The van der Waals surface area contributed by atoms with Crippen LogP contribution in [0.25, 0.3) is 0 Å². The molecule has 0 aromatic heterocycles. The van der Waals surface area contributed by atoms with E-state index in [-0.39, 0.29) is 5.41 Å². The van der Waals surface area contributed by atoms with E-state index in [0.29, 0.717) is 11.0 Å². The first-order valence-electron chi connectivity index (χ1n) is 7.07. The van der Waals surface area contributed by atoms with E-state index in [0.717, 1.165) is 5.75 Å². The van der Waals surface area contributed by atoms with Crippen LogP contribution < -0.4 is 4.74 Å². The molecule has 1 unspecified atom stereocenters. The quantitative estimate of drug-likeness (QED) is 0.586. The van der Waals surface area contributed by atoms with Crippen molar-refractivity contribution in [1.29, 1.82) is 0 Å². The predicted molar refractivity (Wildman–Crippen MR) is 95.4 cm³/mol. The van der Waals surface area contributed by atoms with Gasteiger partial charge in [0.1, 0.15) is 12.4 Å². The van der Waals surface area contributed by atoms with Crippen molar-refractivity contribution in [3.8, 4) is 5.75 Å². The third kappa shape index (κ3) is 4.20. The van der Waals surface area contributed by atoms with Gasteiger partial charge >= 0.3 is 0 Å². The number of hydrogen-bond donors (Lipinski definition) is 1. The number of hydrogen-bond acceptors (Lipinski definition) is 2. The van der Waals surface area contributed by atoms with Crippen LogP contribution in [-0.2, 0) is 5.41 Å². The number of aliphatic hydroxyl groups is 1. The van der Waals surface area contributed by atoms with Gasteiger partial charge in [0.2, 0.25) is 0 Å². The van der Waals surface area contributed by atoms with Crippen LogP contribution in [0.15, 0.2) is 54.6 Å². The van der Waals surface area contributed by atoms with Gasteiger partial charge in [-0.05, 0) is 23.3 Å². The van der Waals surface area contributed by atoms with Gasteiger partial charge in [0.25, 0.3) is 0 Å². The first-order chi connectivity index (χ1) is 10.0. The normalized spacial score (nSPS) is 13.0. The molecule has 2 aromatic carbocycles. The van der Waals surface area contributed by atoms with Gasteiger partial charge in [-0.2, -0.15) is 0 Å².